The molecule has 0 radical (unpaired) electrons. The highest BCUT2D eigenvalue weighted by Crippen LogP contribution is 2.47. The topological polar surface area (TPSA) is 78.9 Å². The zero-order valence-corrected chi connectivity index (χ0v) is 26.5. The van der Waals surface area contributed by atoms with Gasteiger partial charge in [0.1, 0.15) is 5.75 Å². The van der Waals surface area contributed by atoms with Crippen LogP contribution in [0, 0.1) is 23.7 Å². The molecule has 43 heavy (non-hydrogen) atoms. The zero-order valence-electron chi connectivity index (χ0n) is 25.0. The molecule has 2 aromatic carbocycles. The van der Waals surface area contributed by atoms with Gasteiger partial charge in [0.05, 0.1) is 33.4 Å². The molecule has 7 rings (SSSR count). The first-order chi connectivity index (χ1) is 20.6. The Bertz CT molecular complexity index is 1550. The predicted molar refractivity (Wildman–Crippen MR) is 175 cm³/mol. The van der Waals surface area contributed by atoms with Gasteiger partial charge in [-0.05, 0) is 122 Å². The molecule has 8 heteroatoms. The standard InChI is InChI=1S/C35H43ClN2O4S/c1-22-5-3-7-31(39)28-13-10-26(28)19-38-20-35(16-4-6-24-17-27(36)12-14-29(24)35)21-42-32-15-11-25(18-30(32)38)34(40)37-43(2,41)33(22)23-8-9-23/h3,7,11-12,14-15,17-18,22-23,26,28,31,33,39H,2,4-6,8-10,13,16,19-21H2,1H3,(H,37,40,41)/b7-3+/t22-,26-,28+,31-,33-,35-,43?/m0/s1. The lowest BCUT2D eigenvalue weighted by Crippen LogP contribution is -2.49. The Morgan fingerprint density at radius 1 is 1.14 bits per heavy atom. The summed E-state index contributed by atoms with van der Waals surface area (Å²) in [5.74, 6) is 5.39. The molecular formula is C35H43ClN2O4S. The number of anilines is 1. The van der Waals surface area contributed by atoms with E-state index in [4.69, 9.17) is 16.3 Å². The third-order valence-corrected chi connectivity index (χ3v) is 13.4. The van der Waals surface area contributed by atoms with Crippen molar-refractivity contribution in [3.63, 3.8) is 0 Å². The minimum atomic E-state index is -2.91. The van der Waals surface area contributed by atoms with Crippen molar-refractivity contribution in [3.05, 3.63) is 70.3 Å². The van der Waals surface area contributed by atoms with Crippen molar-refractivity contribution in [2.75, 3.05) is 24.6 Å². The Kier molecular flexibility index (Phi) is 7.58. The number of hydrogen-bond acceptors (Lipinski definition) is 5. The fourth-order valence-electron chi connectivity index (χ4n) is 8.38. The van der Waals surface area contributed by atoms with Gasteiger partial charge in [0, 0.05) is 29.1 Å². The summed E-state index contributed by atoms with van der Waals surface area (Å²) in [7, 11) is -2.91. The van der Waals surface area contributed by atoms with Gasteiger partial charge in [-0.2, -0.15) is 0 Å². The number of nitrogens with one attached hydrogen (secondary N) is 1. The monoisotopic (exact) mass is 622 g/mol. The number of aliphatic hydroxyl groups excluding tert-OH is 1. The maximum atomic E-state index is 14.1. The molecule has 1 unspecified atom stereocenters. The van der Waals surface area contributed by atoms with Gasteiger partial charge >= 0.3 is 0 Å². The van der Waals surface area contributed by atoms with E-state index in [0.717, 1.165) is 74.5 Å². The molecule has 1 spiro atoms. The number of rotatable bonds is 1. The number of nitrogens with zero attached hydrogens (tertiary/aromatic N) is 1. The van der Waals surface area contributed by atoms with E-state index in [1.807, 2.05) is 24.3 Å². The third kappa shape index (κ3) is 5.51. The molecular weight excluding hydrogens is 580 g/mol. The summed E-state index contributed by atoms with van der Waals surface area (Å²) < 4.78 is 23.5. The van der Waals surface area contributed by atoms with Gasteiger partial charge in [0.2, 0.25) is 0 Å². The van der Waals surface area contributed by atoms with Crippen LogP contribution in [0.2, 0.25) is 5.02 Å². The normalized spacial score (nSPS) is 36.8. The summed E-state index contributed by atoms with van der Waals surface area (Å²) in [5.41, 5.74) is 3.72. The second-order valence-corrected chi connectivity index (χ2v) is 16.5. The predicted octanol–water partition coefficient (Wildman–Crippen LogP) is 5.94. The van der Waals surface area contributed by atoms with Crippen LogP contribution in [0.5, 0.6) is 5.75 Å². The van der Waals surface area contributed by atoms with Crippen LogP contribution in [0.4, 0.5) is 5.69 Å². The molecule has 3 aliphatic carbocycles. The van der Waals surface area contributed by atoms with E-state index >= 15 is 0 Å². The average Bonchev–Trinajstić information content (AvgIpc) is 3.78. The smallest absolute Gasteiger partial charge is 0.262 e. The summed E-state index contributed by atoms with van der Waals surface area (Å²) in [5, 5.41) is 11.8. The molecule has 230 valence electrons. The second-order valence-electron chi connectivity index (χ2n) is 13.9. The molecule has 1 amide bonds. The van der Waals surface area contributed by atoms with Crippen LogP contribution in [-0.2, 0) is 21.5 Å². The third-order valence-electron chi connectivity index (χ3n) is 10.9. The number of allylic oxidation sites excluding steroid dienone is 1. The highest BCUT2D eigenvalue weighted by molar-refractivity contribution is 7.99. The Morgan fingerprint density at radius 2 is 1.95 bits per heavy atom. The van der Waals surface area contributed by atoms with E-state index in [0.29, 0.717) is 30.4 Å². The summed E-state index contributed by atoms with van der Waals surface area (Å²) in [6.07, 6.45) is 11.3. The molecule has 0 saturated heterocycles. The molecule has 2 saturated carbocycles. The van der Waals surface area contributed by atoms with Crippen molar-refractivity contribution in [2.45, 2.75) is 75.1 Å². The van der Waals surface area contributed by atoms with E-state index in [2.05, 4.69) is 40.6 Å². The zero-order chi connectivity index (χ0) is 29.9. The minimum absolute atomic E-state index is 0.0757. The number of aryl methyl sites for hydroxylation is 1. The number of fused-ring (bicyclic) bond motifs is 4. The summed E-state index contributed by atoms with van der Waals surface area (Å²) in [4.78, 5) is 16.1. The number of hydrogen-bond donors (Lipinski definition) is 2. The van der Waals surface area contributed by atoms with Gasteiger partial charge in [-0.25, -0.2) is 4.21 Å². The van der Waals surface area contributed by atoms with Crippen molar-refractivity contribution >= 4 is 38.8 Å². The molecule has 2 aliphatic heterocycles. The van der Waals surface area contributed by atoms with Gasteiger partial charge < -0.3 is 14.7 Å². The molecule has 7 atom stereocenters. The van der Waals surface area contributed by atoms with Crippen molar-refractivity contribution in [3.8, 4) is 5.75 Å². The largest absolute Gasteiger partial charge is 0.490 e. The molecule has 5 aliphatic rings. The number of ether oxygens (including phenoxy) is 1. The second kappa shape index (κ2) is 11.1. The molecule has 0 aromatic heterocycles. The van der Waals surface area contributed by atoms with Crippen LogP contribution in [0.1, 0.15) is 73.4 Å². The highest BCUT2D eigenvalue weighted by Gasteiger charge is 2.45. The number of aliphatic hydroxyl groups is 1. The van der Waals surface area contributed by atoms with Crippen LogP contribution in [-0.4, -0.2) is 52.1 Å². The lowest BCUT2D eigenvalue weighted by atomic mass is 9.68. The van der Waals surface area contributed by atoms with Crippen molar-refractivity contribution in [2.24, 2.45) is 23.7 Å². The summed E-state index contributed by atoms with van der Waals surface area (Å²) in [6.45, 7) is 4.16. The summed E-state index contributed by atoms with van der Waals surface area (Å²) >= 11 is 6.42. The summed E-state index contributed by atoms with van der Waals surface area (Å²) in [6, 6.07) is 11.9. The van der Waals surface area contributed by atoms with Crippen molar-refractivity contribution < 1.29 is 18.8 Å². The first-order valence-electron chi connectivity index (χ1n) is 16.0. The van der Waals surface area contributed by atoms with Crippen LogP contribution >= 0.6 is 11.6 Å². The van der Waals surface area contributed by atoms with Gasteiger partial charge in [0.15, 0.2) is 0 Å². The molecule has 2 aromatic rings. The van der Waals surface area contributed by atoms with Crippen molar-refractivity contribution in [1.29, 1.82) is 0 Å². The number of benzene rings is 2. The van der Waals surface area contributed by atoms with E-state index in [1.165, 1.54) is 11.1 Å². The van der Waals surface area contributed by atoms with E-state index in [1.54, 1.807) is 6.07 Å². The van der Waals surface area contributed by atoms with E-state index in [9.17, 15) is 14.1 Å². The molecule has 2 N–H and O–H groups in total. The fraction of sp³-hybridized carbons (Fsp3) is 0.543. The lowest BCUT2D eigenvalue weighted by Gasteiger charge is -2.45. The van der Waals surface area contributed by atoms with E-state index < -0.39 is 15.8 Å². The van der Waals surface area contributed by atoms with Crippen LogP contribution in [0.15, 0.2) is 48.6 Å². The Balaban J connectivity index is 1.29. The number of carbonyl (C=O) groups excluding carboxylic acids is 1. The van der Waals surface area contributed by atoms with Crippen LogP contribution in [0.25, 0.3) is 0 Å². The van der Waals surface area contributed by atoms with Gasteiger partial charge in [-0.1, -0.05) is 36.7 Å². The average molecular weight is 623 g/mol. The SMILES string of the molecule is C=S1(=O)NC(=O)c2ccc3c(c2)N(C[C@@H]2CC[C@H]2[C@@H](O)/C=C/C[C@H](C)[C@H]1C1CC1)C[C@@]1(CCCc2cc(Cl)ccc21)CO3. The van der Waals surface area contributed by atoms with Gasteiger partial charge in [0.25, 0.3) is 5.91 Å². The van der Waals surface area contributed by atoms with E-state index in [-0.39, 0.29) is 28.4 Å². The first kappa shape index (κ1) is 29.2. The van der Waals surface area contributed by atoms with Gasteiger partial charge in [-0.3, -0.25) is 9.52 Å². The van der Waals surface area contributed by atoms with Crippen molar-refractivity contribution in [1.82, 2.24) is 4.72 Å². The maximum absolute atomic E-state index is 14.1. The lowest BCUT2D eigenvalue weighted by molar-refractivity contribution is 0.0455. The number of carbonyl (C=O) groups is 1. The highest BCUT2D eigenvalue weighted by atomic mass is 35.5. The first-order valence-corrected chi connectivity index (χ1v) is 18.1. The molecule has 2 bridgehead atoms. The molecule has 2 fully saturated rings. The Hall–Kier alpha value is -2.48. The quantitative estimate of drug-likeness (QED) is 0.304. The Morgan fingerprint density at radius 3 is 2.72 bits per heavy atom. The molecule has 2 heterocycles. The fourth-order valence-corrected chi connectivity index (χ4v) is 10.9. The minimum Gasteiger partial charge on any atom is -0.490 e. The van der Waals surface area contributed by atoms with Crippen LogP contribution < -0.4 is 14.4 Å². The Labute approximate surface area is 261 Å². The maximum Gasteiger partial charge on any atom is 0.262 e. The number of halogens is 1. The van der Waals surface area contributed by atoms with Crippen LogP contribution in [0.3, 0.4) is 0 Å². The van der Waals surface area contributed by atoms with Gasteiger partial charge in [-0.15, -0.1) is 0 Å². The number of amides is 1. The molecule has 6 nitrogen and oxygen atoms in total.